The average molecular weight is 300 g/mol. The van der Waals surface area contributed by atoms with Crippen LogP contribution in [0.3, 0.4) is 0 Å². The number of carbonyl (C=O) groups is 2. The zero-order chi connectivity index (χ0) is 15.7. The van der Waals surface area contributed by atoms with Crippen LogP contribution in [0.25, 0.3) is 0 Å². The smallest absolute Gasteiger partial charge is 0.246 e. The van der Waals surface area contributed by atoms with Crippen LogP contribution in [-0.4, -0.2) is 35.3 Å². The number of rotatable bonds is 1. The topological polar surface area (TPSA) is 40.6 Å². The summed E-state index contributed by atoms with van der Waals surface area (Å²) in [6.45, 7) is 4.50. The Hall–Kier alpha value is -1.84. The Kier molecular flexibility index (Phi) is 4.19. The summed E-state index contributed by atoms with van der Waals surface area (Å²) < 4.78 is 0. The molecule has 0 spiro atoms. The molecule has 1 aromatic carbocycles. The first kappa shape index (κ1) is 15.1. The summed E-state index contributed by atoms with van der Waals surface area (Å²) >= 11 is 0. The molecule has 2 aliphatic rings. The average Bonchev–Trinajstić information content (AvgIpc) is 2.76. The summed E-state index contributed by atoms with van der Waals surface area (Å²) in [5, 5.41) is 0. The number of nitrogens with zero attached hydrogens (tertiary/aromatic N) is 2. The van der Waals surface area contributed by atoms with Gasteiger partial charge < -0.3 is 4.90 Å². The molecule has 0 radical (unpaired) electrons. The standard InChI is InChI=1S/C18H24N2O2/c1-13-8-4-3-7-11-19(13)18(22)17-12-15-9-5-6-10-16(15)20(17)14(2)21/h5-6,9-10,13,17H,3-4,7-8,11-12H2,1-2H3/t13-,17+/m1/s1. The lowest BCUT2D eigenvalue weighted by atomic mass is 10.1. The molecule has 22 heavy (non-hydrogen) atoms. The van der Waals surface area contributed by atoms with Crippen LogP contribution in [0.15, 0.2) is 24.3 Å². The Morgan fingerprint density at radius 2 is 1.91 bits per heavy atom. The van der Waals surface area contributed by atoms with Gasteiger partial charge in [-0.3, -0.25) is 14.5 Å². The zero-order valence-electron chi connectivity index (χ0n) is 13.4. The molecule has 0 saturated carbocycles. The molecule has 3 rings (SSSR count). The predicted molar refractivity (Wildman–Crippen MR) is 86.7 cm³/mol. The van der Waals surface area contributed by atoms with Crippen LogP contribution in [0.2, 0.25) is 0 Å². The van der Waals surface area contributed by atoms with Crippen molar-refractivity contribution in [3.8, 4) is 0 Å². The van der Waals surface area contributed by atoms with Gasteiger partial charge in [0, 0.05) is 31.6 Å². The van der Waals surface area contributed by atoms with Gasteiger partial charge in [0.2, 0.25) is 11.8 Å². The van der Waals surface area contributed by atoms with E-state index in [0.717, 1.165) is 30.6 Å². The maximum Gasteiger partial charge on any atom is 0.246 e. The number of fused-ring (bicyclic) bond motifs is 1. The molecule has 1 saturated heterocycles. The van der Waals surface area contributed by atoms with Crippen molar-refractivity contribution in [2.24, 2.45) is 0 Å². The quantitative estimate of drug-likeness (QED) is 0.800. The van der Waals surface area contributed by atoms with Crippen LogP contribution in [0.5, 0.6) is 0 Å². The molecule has 2 aliphatic heterocycles. The number of likely N-dealkylation sites (tertiary alicyclic amines) is 1. The van der Waals surface area contributed by atoms with Crippen LogP contribution >= 0.6 is 0 Å². The minimum Gasteiger partial charge on any atom is -0.338 e. The predicted octanol–water partition coefficient (Wildman–Crippen LogP) is 2.76. The largest absolute Gasteiger partial charge is 0.338 e. The highest BCUT2D eigenvalue weighted by Gasteiger charge is 2.39. The summed E-state index contributed by atoms with van der Waals surface area (Å²) in [5.74, 6) is 0.0616. The molecular formula is C18H24N2O2. The highest BCUT2D eigenvalue weighted by Crippen LogP contribution is 2.33. The van der Waals surface area contributed by atoms with E-state index in [1.807, 2.05) is 29.2 Å². The van der Waals surface area contributed by atoms with Gasteiger partial charge in [0.15, 0.2) is 0 Å². The molecule has 1 fully saturated rings. The molecule has 4 nitrogen and oxygen atoms in total. The summed E-state index contributed by atoms with van der Waals surface area (Å²) in [6, 6.07) is 7.76. The van der Waals surface area contributed by atoms with E-state index in [1.54, 1.807) is 11.8 Å². The van der Waals surface area contributed by atoms with Gasteiger partial charge in [-0.25, -0.2) is 0 Å². The minimum absolute atomic E-state index is 0.0502. The molecule has 0 N–H and O–H groups in total. The third-order valence-electron chi connectivity index (χ3n) is 4.94. The van der Waals surface area contributed by atoms with E-state index in [9.17, 15) is 9.59 Å². The number of benzene rings is 1. The third-order valence-corrected chi connectivity index (χ3v) is 4.94. The fourth-order valence-corrected chi connectivity index (χ4v) is 3.77. The van der Waals surface area contributed by atoms with Crippen LogP contribution in [0, 0.1) is 0 Å². The van der Waals surface area contributed by atoms with Gasteiger partial charge in [0.25, 0.3) is 0 Å². The highest BCUT2D eigenvalue weighted by atomic mass is 16.2. The van der Waals surface area contributed by atoms with E-state index in [2.05, 4.69) is 6.92 Å². The molecule has 0 aliphatic carbocycles. The lowest BCUT2D eigenvalue weighted by Crippen LogP contribution is -2.51. The molecule has 118 valence electrons. The van der Waals surface area contributed by atoms with E-state index >= 15 is 0 Å². The summed E-state index contributed by atoms with van der Waals surface area (Å²) in [5.41, 5.74) is 1.99. The van der Waals surface area contributed by atoms with Crippen molar-refractivity contribution < 1.29 is 9.59 Å². The fourth-order valence-electron chi connectivity index (χ4n) is 3.77. The van der Waals surface area contributed by atoms with E-state index in [4.69, 9.17) is 0 Å². The second kappa shape index (κ2) is 6.11. The van der Waals surface area contributed by atoms with Crippen molar-refractivity contribution in [3.63, 3.8) is 0 Å². The summed E-state index contributed by atoms with van der Waals surface area (Å²) in [6.07, 6.45) is 5.14. The van der Waals surface area contributed by atoms with Crippen molar-refractivity contribution in [1.82, 2.24) is 4.90 Å². The molecule has 1 aromatic rings. The lowest BCUT2D eigenvalue weighted by Gasteiger charge is -2.33. The third kappa shape index (κ3) is 2.62. The van der Waals surface area contributed by atoms with E-state index in [-0.39, 0.29) is 23.9 Å². The molecule has 2 amide bonds. The normalized spacial score (nSPS) is 24.8. The molecular weight excluding hydrogens is 276 g/mol. The second-order valence-electron chi connectivity index (χ2n) is 6.47. The van der Waals surface area contributed by atoms with E-state index < -0.39 is 0 Å². The Morgan fingerprint density at radius 1 is 1.14 bits per heavy atom. The van der Waals surface area contributed by atoms with E-state index in [1.165, 1.54) is 12.8 Å². The van der Waals surface area contributed by atoms with Crippen LogP contribution in [-0.2, 0) is 16.0 Å². The zero-order valence-corrected chi connectivity index (χ0v) is 13.4. The maximum atomic E-state index is 13.1. The Bertz CT molecular complexity index is 584. The monoisotopic (exact) mass is 300 g/mol. The van der Waals surface area contributed by atoms with Crippen molar-refractivity contribution in [1.29, 1.82) is 0 Å². The fraction of sp³-hybridized carbons (Fsp3) is 0.556. The first-order chi connectivity index (χ1) is 10.6. The number of hydrogen-bond donors (Lipinski definition) is 0. The van der Waals surface area contributed by atoms with Crippen molar-refractivity contribution in [2.45, 2.75) is 58.0 Å². The second-order valence-corrected chi connectivity index (χ2v) is 6.47. The number of amides is 2. The Morgan fingerprint density at radius 3 is 2.68 bits per heavy atom. The van der Waals surface area contributed by atoms with Gasteiger partial charge >= 0.3 is 0 Å². The highest BCUT2D eigenvalue weighted by molar-refractivity contribution is 6.02. The molecule has 0 bridgehead atoms. The molecule has 4 heteroatoms. The minimum atomic E-state index is -0.365. The van der Waals surface area contributed by atoms with Gasteiger partial charge in [-0.05, 0) is 31.4 Å². The van der Waals surface area contributed by atoms with Crippen LogP contribution in [0.4, 0.5) is 5.69 Å². The van der Waals surface area contributed by atoms with Crippen molar-refractivity contribution in [2.75, 3.05) is 11.4 Å². The molecule has 2 heterocycles. The van der Waals surface area contributed by atoms with Crippen molar-refractivity contribution in [3.05, 3.63) is 29.8 Å². The van der Waals surface area contributed by atoms with Gasteiger partial charge in [0.05, 0.1) is 0 Å². The Labute approximate surface area is 132 Å². The van der Waals surface area contributed by atoms with Gasteiger partial charge in [-0.15, -0.1) is 0 Å². The maximum absolute atomic E-state index is 13.1. The SMILES string of the molecule is CC(=O)N1c2ccccc2C[C@H]1C(=O)N1CCCCC[C@H]1C. The number of carbonyl (C=O) groups excluding carboxylic acids is 2. The van der Waals surface area contributed by atoms with E-state index in [0.29, 0.717) is 6.42 Å². The van der Waals surface area contributed by atoms with Crippen LogP contribution < -0.4 is 4.90 Å². The van der Waals surface area contributed by atoms with Gasteiger partial charge in [0.1, 0.15) is 6.04 Å². The molecule has 2 atom stereocenters. The van der Waals surface area contributed by atoms with Gasteiger partial charge in [-0.1, -0.05) is 31.0 Å². The van der Waals surface area contributed by atoms with Gasteiger partial charge in [-0.2, -0.15) is 0 Å². The lowest BCUT2D eigenvalue weighted by molar-refractivity contribution is -0.136. The summed E-state index contributed by atoms with van der Waals surface area (Å²) in [4.78, 5) is 28.9. The first-order valence-corrected chi connectivity index (χ1v) is 8.28. The number of hydrogen-bond acceptors (Lipinski definition) is 2. The molecule has 0 aromatic heterocycles. The number of anilines is 1. The number of para-hydroxylation sites is 1. The Balaban J connectivity index is 1.87. The summed E-state index contributed by atoms with van der Waals surface area (Å²) in [7, 11) is 0. The van der Waals surface area contributed by atoms with Crippen molar-refractivity contribution >= 4 is 17.5 Å². The molecule has 0 unspecified atom stereocenters. The first-order valence-electron chi connectivity index (χ1n) is 8.28. The van der Waals surface area contributed by atoms with Crippen LogP contribution in [0.1, 0.15) is 45.1 Å².